The molecule has 112 valence electrons. The normalized spacial score (nSPS) is 10.9. The van der Waals surface area contributed by atoms with E-state index in [0.717, 1.165) is 22.5 Å². The molecule has 1 N–H and O–H groups in total. The molecule has 0 aliphatic rings. The molecule has 4 heteroatoms. The fraction of sp³-hybridized carbons (Fsp3) is 0.167. The van der Waals surface area contributed by atoms with E-state index >= 15 is 0 Å². The maximum atomic E-state index is 9.63. The summed E-state index contributed by atoms with van der Waals surface area (Å²) in [6.45, 7) is 2.04. The Kier molecular flexibility index (Phi) is 4.32. The highest BCUT2D eigenvalue weighted by molar-refractivity contribution is 7.98. The maximum absolute atomic E-state index is 9.63. The van der Waals surface area contributed by atoms with E-state index in [4.69, 9.17) is 0 Å². The predicted octanol–water partition coefficient (Wildman–Crippen LogP) is 4.06. The third kappa shape index (κ3) is 2.93. The van der Waals surface area contributed by atoms with Crippen molar-refractivity contribution in [1.29, 1.82) is 0 Å². The summed E-state index contributed by atoms with van der Waals surface area (Å²) in [5.41, 5.74) is 4.89. The van der Waals surface area contributed by atoms with Crippen molar-refractivity contribution < 1.29 is 5.11 Å². The summed E-state index contributed by atoms with van der Waals surface area (Å²) in [6, 6.07) is 16.4. The Morgan fingerprint density at radius 3 is 2.32 bits per heavy atom. The number of nitrogens with zero attached hydrogens (tertiary/aromatic N) is 2. The Labute approximate surface area is 134 Å². The zero-order chi connectivity index (χ0) is 15.5. The number of benzene rings is 2. The lowest BCUT2D eigenvalue weighted by Crippen LogP contribution is -1.94. The van der Waals surface area contributed by atoms with Gasteiger partial charge in [0.25, 0.3) is 0 Å². The lowest BCUT2D eigenvalue weighted by atomic mass is 10.1. The molecule has 0 amide bonds. The molecule has 0 atom stereocenters. The summed E-state index contributed by atoms with van der Waals surface area (Å²) in [4.78, 5) is 1.22. The second-order valence-electron chi connectivity index (χ2n) is 5.17. The van der Waals surface area contributed by atoms with E-state index in [2.05, 4.69) is 42.5 Å². The Balaban J connectivity index is 2.02. The molecule has 2 aromatic carbocycles. The van der Waals surface area contributed by atoms with E-state index in [1.54, 1.807) is 11.8 Å². The molecule has 0 spiro atoms. The highest BCUT2D eigenvalue weighted by Crippen LogP contribution is 2.26. The Morgan fingerprint density at radius 2 is 1.73 bits per heavy atom. The SMILES string of the molecule is CSc1ccc(-c2nn(-c3ccc(C)cc3)cc2CO)cc1. The fourth-order valence-electron chi connectivity index (χ4n) is 2.35. The molecule has 0 bridgehead atoms. The molecule has 3 nitrogen and oxygen atoms in total. The number of hydrogen-bond acceptors (Lipinski definition) is 3. The molecule has 3 rings (SSSR count). The Bertz CT molecular complexity index is 761. The van der Waals surface area contributed by atoms with E-state index < -0.39 is 0 Å². The first-order valence-electron chi connectivity index (χ1n) is 7.12. The van der Waals surface area contributed by atoms with E-state index in [0.29, 0.717) is 0 Å². The van der Waals surface area contributed by atoms with E-state index in [1.807, 2.05) is 35.1 Å². The van der Waals surface area contributed by atoms with Crippen LogP contribution in [-0.2, 0) is 6.61 Å². The average Bonchev–Trinajstić information content (AvgIpc) is 3.00. The highest BCUT2D eigenvalue weighted by atomic mass is 32.2. The highest BCUT2D eigenvalue weighted by Gasteiger charge is 2.11. The van der Waals surface area contributed by atoms with E-state index in [1.165, 1.54) is 10.5 Å². The zero-order valence-corrected chi connectivity index (χ0v) is 13.5. The summed E-state index contributed by atoms with van der Waals surface area (Å²) >= 11 is 1.71. The van der Waals surface area contributed by atoms with Crippen molar-refractivity contribution >= 4 is 11.8 Å². The summed E-state index contributed by atoms with van der Waals surface area (Å²) in [7, 11) is 0. The molecule has 0 saturated carbocycles. The lowest BCUT2D eigenvalue weighted by Gasteiger charge is -2.02. The summed E-state index contributed by atoms with van der Waals surface area (Å²) < 4.78 is 1.82. The van der Waals surface area contributed by atoms with Crippen LogP contribution in [0, 0.1) is 6.92 Å². The minimum Gasteiger partial charge on any atom is -0.392 e. The maximum Gasteiger partial charge on any atom is 0.0982 e. The van der Waals surface area contributed by atoms with Gasteiger partial charge in [-0.2, -0.15) is 5.10 Å². The van der Waals surface area contributed by atoms with Gasteiger partial charge in [0.1, 0.15) is 0 Å². The molecule has 0 fully saturated rings. The van der Waals surface area contributed by atoms with Crippen LogP contribution in [0.4, 0.5) is 0 Å². The summed E-state index contributed by atoms with van der Waals surface area (Å²) in [6.07, 6.45) is 3.95. The van der Waals surface area contributed by atoms with Gasteiger partial charge < -0.3 is 5.11 Å². The average molecular weight is 310 g/mol. The van der Waals surface area contributed by atoms with E-state index in [9.17, 15) is 5.11 Å². The number of aliphatic hydroxyl groups excluding tert-OH is 1. The van der Waals surface area contributed by atoms with Gasteiger partial charge in [0.15, 0.2) is 0 Å². The standard InChI is InChI=1S/C18H18N2OS/c1-13-3-7-16(8-4-13)20-11-15(12-21)18(19-20)14-5-9-17(22-2)10-6-14/h3-11,21H,12H2,1-2H3. The second kappa shape index (κ2) is 6.38. The second-order valence-corrected chi connectivity index (χ2v) is 6.05. The van der Waals surface area contributed by atoms with Crippen LogP contribution in [0.5, 0.6) is 0 Å². The zero-order valence-electron chi connectivity index (χ0n) is 12.7. The molecule has 0 aliphatic carbocycles. The van der Waals surface area contributed by atoms with Gasteiger partial charge >= 0.3 is 0 Å². The minimum atomic E-state index is -0.0223. The van der Waals surface area contributed by atoms with Crippen LogP contribution in [0.2, 0.25) is 0 Å². The number of aromatic nitrogens is 2. The number of thioether (sulfide) groups is 1. The van der Waals surface area contributed by atoms with Crippen LogP contribution in [0.15, 0.2) is 59.6 Å². The van der Waals surface area contributed by atoms with Gasteiger partial charge in [0.05, 0.1) is 18.0 Å². The van der Waals surface area contributed by atoms with Crippen LogP contribution in [-0.4, -0.2) is 21.1 Å². The molecular weight excluding hydrogens is 292 g/mol. The van der Waals surface area contributed by atoms with Crippen molar-refractivity contribution in [2.24, 2.45) is 0 Å². The number of aliphatic hydroxyl groups is 1. The van der Waals surface area contributed by atoms with Gasteiger partial charge in [0, 0.05) is 22.2 Å². The third-order valence-electron chi connectivity index (χ3n) is 3.62. The predicted molar refractivity (Wildman–Crippen MR) is 91.4 cm³/mol. The molecule has 0 saturated heterocycles. The van der Waals surface area contributed by atoms with E-state index in [-0.39, 0.29) is 6.61 Å². The first-order valence-corrected chi connectivity index (χ1v) is 8.34. The summed E-state index contributed by atoms with van der Waals surface area (Å²) in [5.74, 6) is 0. The minimum absolute atomic E-state index is 0.0223. The topological polar surface area (TPSA) is 38.0 Å². The van der Waals surface area contributed by atoms with Gasteiger partial charge in [-0.15, -0.1) is 11.8 Å². The largest absolute Gasteiger partial charge is 0.392 e. The first kappa shape index (κ1) is 14.9. The first-order chi connectivity index (χ1) is 10.7. The van der Waals surface area contributed by atoms with Gasteiger partial charge in [-0.1, -0.05) is 29.8 Å². The quantitative estimate of drug-likeness (QED) is 0.738. The number of rotatable bonds is 4. The monoisotopic (exact) mass is 310 g/mol. The van der Waals surface area contributed by atoms with Gasteiger partial charge in [-0.05, 0) is 37.4 Å². The van der Waals surface area contributed by atoms with Crippen LogP contribution in [0.1, 0.15) is 11.1 Å². The molecule has 1 aromatic heterocycles. The van der Waals surface area contributed by atoms with Crippen molar-refractivity contribution in [3.8, 4) is 16.9 Å². The Morgan fingerprint density at radius 1 is 1.05 bits per heavy atom. The van der Waals surface area contributed by atoms with Crippen LogP contribution < -0.4 is 0 Å². The molecule has 0 aliphatic heterocycles. The smallest absolute Gasteiger partial charge is 0.0982 e. The molecule has 1 heterocycles. The molecular formula is C18H18N2OS. The number of aryl methyl sites for hydroxylation is 1. The van der Waals surface area contributed by atoms with Gasteiger partial charge in [-0.25, -0.2) is 4.68 Å². The molecule has 22 heavy (non-hydrogen) atoms. The van der Waals surface area contributed by atoms with Crippen molar-refractivity contribution in [2.75, 3.05) is 6.26 Å². The van der Waals surface area contributed by atoms with Crippen LogP contribution >= 0.6 is 11.8 Å². The van der Waals surface area contributed by atoms with Crippen molar-refractivity contribution in [2.45, 2.75) is 18.4 Å². The van der Waals surface area contributed by atoms with Crippen molar-refractivity contribution in [1.82, 2.24) is 9.78 Å². The molecule has 0 unspecified atom stereocenters. The molecule has 0 radical (unpaired) electrons. The van der Waals surface area contributed by atoms with Crippen molar-refractivity contribution in [3.63, 3.8) is 0 Å². The Hall–Kier alpha value is -2.04. The third-order valence-corrected chi connectivity index (χ3v) is 4.37. The molecule has 3 aromatic rings. The summed E-state index contributed by atoms with van der Waals surface area (Å²) in [5, 5.41) is 14.3. The number of hydrogen-bond donors (Lipinski definition) is 1. The van der Waals surface area contributed by atoms with Gasteiger partial charge in [0.2, 0.25) is 0 Å². The van der Waals surface area contributed by atoms with Crippen molar-refractivity contribution in [3.05, 3.63) is 65.9 Å². The van der Waals surface area contributed by atoms with Crippen LogP contribution in [0.3, 0.4) is 0 Å². The lowest BCUT2D eigenvalue weighted by molar-refractivity contribution is 0.282. The van der Waals surface area contributed by atoms with Crippen LogP contribution in [0.25, 0.3) is 16.9 Å². The van der Waals surface area contributed by atoms with Gasteiger partial charge in [-0.3, -0.25) is 0 Å². The fourth-order valence-corrected chi connectivity index (χ4v) is 2.76.